The molecule has 2 heteroatoms. The van der Waals surface area contributed by atoms with E-state index in [0.717, 1.165) is 4.91 Å². The second-order valence-corrected chi connectivity index (χ2v) is 2.87. The zero-order valence-corrected chi connectivity index (χ0v) is 6.93. The third-order valence-corrected chi connectivity index (χ3v) is 1.50. The summed E-state index contributed by atoms with van der Waals surface area (Å²) < 4.78 is 0. The maximum absolute atomic E-state index is 5.45. The molecule has 0 aliphatic rings. The minimum absolute atomic E-state index is 0.533. The van der Waals surface area contributed by atoms with Crippen molar-refractivity contribution in [2.45, 2.75) is 0 Å². The highest BCUT2D eigenvalue weighted by Crippen LogP contribution is 2.11. The average Bonchev–Trinajstić information content (AvgIpc) is 1.83. The van der Waals surface area contributed by atoms with Crippen molar-refractivity contribution >= 4 is 23.4 Å². The van der Waals surface area contributed by atoms with Crippen LogP contribution in [0.25, 0.3) is 0 Å². The highest BCUT2D eigenvalue weighted by Gasteiger charge is 1.81. The van der Waals surface area contributed by atoms with Crippen LogP contribution in [0.1, 0.15) is 0 Å². The first-order chi connectivity index (χ1) is 4.16. The van der Waals surface area contributed by atoms with Crippen molar-refractivity contribution in [1.82, 2.24) is 0 Å². The standard InChI is InChI=1S/C7H9ClS/c1-6(8)4-5-7(2)9-3/h4-5H,1-2H2,3H3. The van der Waals surface area contributed by atoms with Gasteiger partial charge < -0.3 is 0 Å². The SMILES string of the molecule is C=C(Cl)C=CC(=C)SC. The van der Waals surface area contributed by atoms with E-state index < -0.39 is 0 Å². The van der Waals surface area contributed by atoms with Gasteiger partial charge in [-0.05, 0) is 23.3 Å². The molecule has 0 unspecified atom stereocenters. The molecule has 0 fully saturated rings. The minimum Gasteiger partial charge on any atom is -0.130 e. The zero-order chi connectivity index (χ0) is 7.28. The number of hydrogen-bond acceptors (Lipinski definition) is 1. The number of hydrogen-bond donors (Lipinski definition) is 0. The lowest BCUT2D eigenvalue weighted by atomic mass is 10.5. The molecule has 0 aromatic heterocycles. The Morgan fingerprint density at radius 1 is 1.44 bits per heavy atom. The average molecular weight is 161 g/mol. The summed E-state index contributed by atoms with van der Waals surface area (Å²) >= 11 is 7.03. The third-order valence-electron chi connectivity index (χ3n) is 0.712. The van der Waals surface area contributed by atoms with Crippen LogP contribution in [-0.2, 0) is 0 Å². The normalized spacial score (nSPS) is 10.0. The van der Waals surface area contributed by atoms with Gasteiger partial charge in [0.25, 0.3) is 0 Å². The smallest absolute Gasteiger partial charge is 0.0334 e. The Bertz CT molecular complexity index is 147. The molecule has 0 aliphatic heterocycles. The Labute approximate surface area is 65.3 Å². The van der Waals surface area contributed by atoms with E-state index >= 15 is 0 Å². The van der Waals surface area contributed by atoms with E-state index in [1.807, 2.05) is 12.3 Å². The van der Waals surface area contributed by atoms with Crippen molar-refractivity contribution in [3.05, 3.63) is 35.2 Å². The molecule has 0 aliphatic carbocycles. The summed E-state index contributed by atoms with van der Waals surface area (Å²) in [6.07, 6.45) is 5.52. The topological polar surface area (TPSA) is 0 Å². The van der Waals surface area contributed by atoms with Crippen molar-refractivity contribution < 1.29 is 0 Å². The number of rotatable bonds is 3. The van der Waals surface area contributed by atoms with E-state index in [0.29, 0.717) is 5.03 Å². The quantitative estimate of drug-likeness (QED) is 0.572. The van der Waals surface area contributed by atoms with Gasteiger partial charge in [-0.2, -0.15) is 0 Å². The van der Waals surface area contributed by atoms with Crippen LogP contribution in [0.3, 0.4) is 0 Å². The summed E-state index contributed by atoms with van der Waals surface area (Å²) in [5.74, 6) is 0. The van der Waals surface area contributed by atoms with Crippen LogP contribution in [0.2, 0.25) is 0 Å². The second kappa shape index (κ2) is 4.71. The first kappa shape index (κ1) is 8.86. The molecular formula is C7H9ClS. The first-order valence-corrected chi connectivity index (χ1v) is 4.02. The zero-order valence-electron chi connectivity index (χ0n) is 5.36. The largest absolute Gasteiger partial charge is 0.130 e. The van der Waals surface area contributed by atoms with Crippen molar-refractivity contribution in [2.75, 3.05) is 6.26 Å². The van der Waals surface area contributed by atoms with E-state index in [-0.39, 0.29) is 0 Å². The molecule has 0 N–H and O–H groups in total. The van der Waals surface area contributed by atoms with Gasteiger partial charge >= 0.3 is 0 Å². The van der Waals surface area contributed by atoms with Crippen molar-refractivity contribution in [2.24, 2.45) is 0 Å². The Kier molecular flexibility index (Phi) is 4.64. The van der Waals surface area contributed by atoms with E-state index in [9.17, 15) is 0 Å². The highest BCUT2D eigenvalue weighted by atomic mass is 35.5. The molecular weight excluding hydrogens is 152 g/mol. The summed E-state index contributed by atoms with van der Waals surface area (Å²) in [5.41, 5.74) is 0. The molecule has 0 aromatic carbocycles. The van der Waals surface area contributed by atoms with Gasteiger partial charge in [0.05, 0.1) is 0 Å². The van der Waals surface area contributed by atoms with Crippen LogP contribution in [0.15, 0.2) is 35.2 Å². The molecule has 50 valence electrons. The molecule has 0 spiro atoms. The summed E-state index contributed by atoms with van der Waals surface area (Å²) in [7, 11) is 0. The van der Waals surface area contributed by atoms with Crippen LogP contribution in [0, 0.1) is 0 Å². The van der Waals surface area contributed by atoms with Gasteiger partial charge in [0.1, 0.15) is 0 Å². The van der Waals surface area contributed by atoms with Gasteiger partial charge in [-0.25, -0.2) is 0 Å². The van der Waals surface area contributed by atoms with E-state index in [2.05, 4.69) is 13.2 Å². The van der Waals surface area contributed by atoms with Gasteiger partial charge in [-0.15, -0.1) is 11.8 Å². The van der Waals surface area contributed by atoms with Crippen LogP contribution in [0.5, 0.6) is 0 Å². The van der Waals surface area contributed by atoms with Crippen molar-refractivity contribution in [3.63, 3.8) is 0 Å². The van der Waals surface area contributed by atoms with Crippen LogP contribution in [-0.4, -0.2) is 6.26 Å². The minimum atomic E-state index is 0.533. The molecule has 0 bridgehead atoms. The summed E-state index contributed by atoms with van der Waals surface area (Å²) in [6.45, 7) is 7.21. The lowest BCUT2D eigenvalue weighted by molar-refractivity contribution is 1.89. The Morgan fingerprint density at radius 2 is 2.00 bits per heavy atom. The molecule has 0 atom stereocenters. The second-order valence-electron chi connectivity index (χ2n) is 1.45. The molecule has 0 aromatic rings. The molecule has 9 heavy (non-hydrogen) atoms. The Balaban J connectivity index is 3.71. The first-order valence-electron chi connectivity index (χ1n) is 2.42. The third kappa shape index (κ3) is 5.74. The summed E-state index contributed by atoms with van der Waals surface area (Å²) in [6, 6.07) is 0. The fourth-order valence-corrected chi connectivity index (χ4v) is 0.519. The predicted octanol–water partition coefficient (Wildman–Crippen LogP) is 3.17. The molecule has 0 saturated carbocycles. The Hall–Kier alpha value is -0.140. The molecule has 0 radical (unpaired) electrons. The monoisotopic (exact) mass is 160 g/mol. The van der Waals surface area contributed by atoms with Gasteiger partial charge in [-0.1, -0.05) is 24.8 Å². The van der Waals surface area contributed by atoms with E-state index in [4.69, 9.17) is 11.6 Å². The maximum Gasteiger partial charge on any atom is 0.0334 e. The van der Waals surface area contributed by atoms with Gasteiger partial charge in [0.2, 0.25) is 0 Å². The number of thioether (sulfide) groups is 1. The molecule has 0 saturated heterocycles. The summed E-state index contributed by atoms with van der Waals surface area (Å²) in [5, 5.41) is 0.533. The van der Waals surface area contributed by atoms with Crippen molar-refractivity contribution in [3.8, 4) is 0 Å². The maximum atomic E-state index is 5.45. The van der Waals surface area contributed by atoms with Crippen LogP contribution in [0.4, 0.5) is 0 Å². The van der Waals surface area contributed by atoms with Gasteiger partial charge in [-0.3, -0.25) is 0 Å². The Morgan fingerprint density at radius 3 is 2.33 bits per heavy atom. The van der Waals surface area contributed by atoms with Crippen molar-refractivity contribution in [1.29, 1.82) is 0 Å². The highest BCUT2D eigenvalue weighted by molar-refractivity contribution is 8.02. The fraction of sp³-hybridized carbons (Fsp3) is 0.143. The van der Waals surface area contributed by atoms with E-state index in [1.165, 1.54) is 0 Å². The fourth-order valence-electron chi connectivity index (χ4n) is 0.251. The van der Waals surface area contributed by atoms with Crippen LogP contribution >= 0.6 is 23.4 Å². The predicted molar refractivity (Wildman–Crippen MR) is 46.8 cm³/mol. The van der Waals surface area contributed by atoms with E-state index in [1.54, 1.807) is 17.8 Å². The molecule has 0 rings (SSSR count). The van der Waals surface area contributed by atoms with Gasteiger partial charge in [0, 0.05) is 5.03 Å². The molecule has 0 nitrogen and oxygen atoms in total. The van der Waals surface area contributed by atoms with Gasteiger partial charge in [0.15, 0.2) is 0 Å². The molecule has 0 amide bonds. The van der Waals surface area contributed by atoms with Crippen LogP contribution < -0.4 is 0 Å². The lowest BCUT2D eigenvalue weighted by Crippen LogP contribution is -1.62. The molecule has 0 heterocycles. The summed E-state index contributed by atoms with van der Waals surface area (Å²) in [4.78, 5) is 0.983. The number of allylic oxidation sites excluding steroid dienone is 3. The lowest BCUT2D eigenvalue weighted by Gasteiger charge is -1.88. The number of halogens is 1.